The zero-order valence-corrected chi connectivity index (χ0v) is 23.8. The molecule has 43 heavy (non-hydrogen) atoms. The van der Waals surface area contributed by atoms with Crippen molar-refractivity contribution in [2.24, 2.45) is 0 Å². The number of hydrogen-bond donors (Lipinski definition) is 2. The number of carbonyl (C=O) groups excluding carboxylic acids is 2. The van der Waals surface area contributed by atoms with E-state index in [9.17, 15) is 49.6 Å². The lowest BCUT2D eigenvalue weighted by atomic mass is 9.89. The highest BCUT2D eigenvalue weighted by Gasteiger charge is 2.71. The summed E-state index contributed by atoms with van der Waals surface area (Å²) in [5.41, 5.74) is -6.09. The van der Waals surface area contributed by atoms with E-state index in [0.29, 0.717) is 18.6 Å². The number of likely N-dealkylation sites (tertiary alicyclic amines) is 1. The third-order valence-corrected chi connectivity index (χ3v) is 8.01. The molecule has 0 aromatic heterocycles. The lowest BCUT2D eigenvalue weighted by molar-refractivity contribution is -0.376. The first-order valence-corrected chi connectivity index (χ1v) is 14.0. The van der Waals surface area contributed by atoms with Gasteiger partial charge in [-0.2, -0.15) is 26.3 Å². The predicted octanol–water partition coefficient (Wildman–Crippen LogP) is 4.61. The molecule has 0 saturated carbocycles. The number of alkyl halides is 6. The molecule has 1 atom stereocenters. The standard InChI is InChI=1S/C18H14F7NO2S.C8H14N2O2.C2H2/c19-13-4-6-14(7-5-13)29(28)26-9-1-2-11-10-12(3-8-15(11)26)16(27,17(20,21)22)18(23,24)25;1-7(11)9-6-8(12)10-4-2-3-5-10;1-2/h3-8,10,27H,1-2,9H2;2-6H2,1H3,(H,9,11);1-2H. The van der Waals surface area contributed by atoms with Crippen LogP contribution in [0.3, 0.4) is 0 Å². The lowest BCUT2D eigenvalue weighted by Crippen LogP contribution is -2.54. The highest BCUT2D eigenvalue weighted by molar-refractivity contribution is 7.86. The second kappa shape index (κ2) is 14.7. The fourth-order valence-corrected chi connectivity index (χ4v) is 5.68. The van der Waals surface area contributed by atoms with E-state index in [2.05, 4.69) is 18.2 Å². The highest BCUT2D eigenvalue weighted by Crippen LogP contribution is 2.50. The number of aryl methyl sites for hydroxylation is 1. The average Bonchev–Trinajstić information content (AvgIpc) is 3.50. The Hall–Kier alpha value is -3.64. The molecular formula is C28H30F7N3O4S. The maximum atomic E-state index is 13.1. The van der Waals surface area contributed by atoms with Crippen molar-refractivity contribution in [2.45, 2.75) is 55.5 Å². The Morgan fingerprint density at radius 3 is 2.00 bits per heavy atom. The Balaban J connectivity index is 0.000000385. The topological polar surface area (TPSA) is 90.0 Å². The van der Waals surface area contributed by atoms with E-state index < -0.39 is 40.3 Å². The van der Waals surface area contributed by atoms with Crippen molar-refractivity contribution in [2.75, 3.05) is 30.5 Å². The number of aliphatic hydroxyl groups is 1. The molecule has 2 aromatic carbocycles. The minimum Gasteiger partial charge on any atom is -0.369 e. The van der Waals surface area contributed by atoms with E-state index >= 15 is 0 Å². The zero-order valence-electron chi connectivity index (χ0n) is 23.0. The van der Waals surface area contributed by atoms with Crippen molar-refractivity contribution in [3.63, 3.8) is 0 Å². The summed E-state index contributed by atoms with van der Waals surface area (Å²) in [7, 11) is -1.84. The van der Waals surface area contributed by atoms with Gasteiger partial charge in [0, 0.05) is 32.1 Å². The number of carbonyl (C=O) groups is 2. The van der Waals surface area contributed by atoms with E-state index in [1.807, 2.05) is 0 Å². The van der Waals surface area contributed by atoms with Crippen LogP contribution in [-0.4, -0.2) is 64.6 Å². The van der Waals surface area contributed by atoms with E-state index in [4.69, 9.17) is 0 Å². The molecule has 0 radical (unpaired) electrons. The van der Waals surface area contributed by atoms with Crippen molar-refractivity contribution < 1.29 is 49.6 Å². The van der Waals surface area contributed by atoms with Gasteiger partial charge >= 0.3 is 12.4 Å². The molecular weight excluding hydrogens is 607 g/mol. The van der Waals surface area contributed by atoms with E-state index in [0.717, 1.165) is 44.1 Å². The summed E-state index contributed by atoms with van der Waals surface area (Å²) in [6.45, 7) is 3.49. The average molecular weight is 638 g/mol. The number of benzene rings is 2. The van der Waals surface area contributed by atoms with Gasteiger partial charge in [0.1, 0.15) is 5.82 Å². The van der Waals surface area contributed by atoms with Gasteiger partial charge in [0.15, 0.2) is 11.0 Å². The van der Waals surface area contributed by atoms with Crippen molar-refractivity contribution in [3.05, 3.63) is 59.4 Å². The molecule has 15 heteroatoms. The van der Waals surface area contributed by atoms with Gasteiger partial charge in [-0.05, 0) is 61.6 Å². The monoisotopic (exact) mass is 637 g/mol. The second-order valence-corrected chi connectivity index (χ2v) is 10.9. The van der Waals surface area contributed by atoms with Crippen LogP contribution in [0.4, 0.5) is 36.4 Å². The predicted molar refractivity (Wildman–Crippen MR) is 145 cm³/mol. The van der Waals surface area contributed by atoms with Gasteiger partial charge in [0.05, 0.1) is 17.1 Å². The van der Waals surface area contributed by atoms with Gasteiger partial charge in [-0.15, -0.1) is 12.8 Å². The maximum Gasteiger partial charge on any atom is 0.430 e. The Morgan fingerprint density at radius 1 is 0.930 bits per heavy atom. The summed E-state index contributed by atoms with van der Waals surface area (Å²) in [6.07, 6.45) is -1.32. The SMILES string of the molecule is C#C.CC(=O)NCC(=O)N1CCCC1.O=S(c1ccc(F)cc1)N1CCCc2cc(C(O)(C(F)(F)F)C(F)(F)F)ccc21. The Kier molecular flexibility index (Phi) is 12.2. The van der Waals surface area contributed by atoms with Gasteiger partial charge in [-0.25, -0.2) is 8.60 Å². The van der Waals surface area contributed by atoms with E-state index in [1.165, 1.54) is 23.4 Å². The summed E-state index contributed by atoms with van der Waals surface area (Å²) in [4.78, 5) is 23.8. The molecule has 1 saturated heterocycles. The van der Waals surface area contributed by atoms with Crippen LogP contribution in [0.15, 0.2) is 47.4 Å². The number of terminal acetylenes is 1. The van der Waals surface area contributed by atoms with Gasteiger partial charge in [-0.1, -0.05) is 12.1 Å². The third-order valence-electron chi connectivity index (χ3n) is 6.56. The minimum atomic E-state index is -5.98. The summed E-state index contributed by atoms with van der Waals surface area (Å²) in [5.74, 6) is -0.668. The first kappa shape index (κ1) is 35.6. The van der Waals surface area contributed by atoms with Crippen LogP contribution in [0.2, 0.25) is 0 Å². The number of halogens is 7. The Morgan fingerprint density at radius 2 is 1.49 bits per heavy atom. The molecule has 236 valence electrons. The number of fused-ring (bicyclic) bond motifs is 1. The van der Waals surface area contributed by atoms with E-state index in [-0.39, 0.29) is 47.5 Å². The molecule has 2 aromatic rings. The molecule has 1 unspecified atom stereocenters. The second-order valence-electron chi connectivity index (χ2n) is 9.46. The molecule has 2 aliphatic rings. The normalized spacial score (nSPS) is 15.7. The molecule has 1 fully saturated rings. The van der Waals surface area contributed by atoms with Crippen LogP contribution in [-0.2, 0) is 32.6 Å². The molecule has 4 rings (SSSR count). The number of nitrogens with zero attached hydrogens (tertiary/aromatic N) is 2. The quantitative estimate of drug-likeness (QED) is 0.371. The molecule has 2 N–H and O–H groups in total. The maximum absolute atomic E-state index is 13.1. The Bertz CT molecular complexity index is 1290. The van der Waals surface area contributed by atoms with Gasteiger partial charge in [-0.3, -0.25) is 13.9 Å². The first-order valence-electron chi connectivity index (χ1n) is 12.9. The lowest BCUT2D eigenvalue weighted by Gasteiger charge is -2.35. The van der Waals surface area contributed by atoms with Crippen LogP contribution < -0.4 is 9.62 Å². The third kappa shape index (κ3) is 8.47. The van der Waals surface area contributed by atoms with Gasteiger partial charge in [0.25, 0.3) is 5.60 Å². The van der Waals surface area contributed by atoms with E-state index in [1.54, 1.807) is 4.90 Å². The molecule has 2 aliphatic heterocycles. The number of anilines is 1. The molecule has 2 heterocycles. The molecule has 0 spiro atoms. The summed E-state index contributed by atoms with van der Waals surface area (Å²) in [5, 5.41) is 12.1. The molecule has 7 nitrogen and oxygen atoms in total. The Labute approximate surface area is 246 Å². The zero-order chi connectivity index (χ0) is 32.6. The van der Waals surface area contributed by atoms with Crippen LogP contribution in [0.25, 0.3) is 0 Å². The summed E-state index contributed by atoms with van der Waals surface area (Å²) in [6, 6.07) is 6.89. The smallest absolute Gasteiger partial charge is 0.369 e. The molecule has 0 aliphatic carbocycles. The van der Waals surface area contributed by atoms with Gasteiger partial charge < -0.3 is 15.3 Å². The van der Waals surface area contributed by atoms with Crippen LogP contribution in [0.1, 0.15) is 37.3 Å². The number of nitrogens with one attached hydrogen (secondary N) is 1. The molecule has 2 amide bonds. The van der Waals surface area contributed by atoms with Crippen molar-refractivity contribution >= 4 is 28.5 Å². The summed E-state index contributed by atoms with van der Waals surface area (Å²) < 4.78 is 106. The van der Waals surface area contributed by atoms with Crippen molar-refractivity contribution in [1.29, 1.82) is 0 Å². The van der Waals surface area contributed by atoms with Crippen molar-refractivity contribution in [3.8, 4) is 12.8 Å². The van der Waals surface area contributed by atoms with Crippen LogP contribution >= 0.6 is 0 Å². The van der Waals surface area contributed by atoms with Gasteiger partial charge in [0.2, 0.25) is 11.8 Å². The van der Waals surface area contributed by atoms with Crippen LogP contribution in [0.5, 0.6) is 0 Å². The molecule has 0 bridgehead atoms. The number of hydrogen-bond acceptors (Lipinski definition) is 4. The van der Waals surface area contributed by atoms with Crippen molar-refractivity contribution in [1.82, 2.24) is 10.2 Å². The first-order chi connectivity index (χ1) is 20.1. The fraction of sp³-hybridized carbons (Fsp3) is 0.429. The largest absolute Gasteiger partial charge is 0.430 e. The number of rotatable bonds is 5. The summed E-state index contributed by atoms with van der Waals surface area (Å²) >= 11 is 0. The highest BCUT2D eigenvalue weighted by atomic mass is 32.2. The van der Waals surface area contributed by atoms with Crippen LogP contribution in [0, 0.1) is 18.7 Å². The minimum absolute atomic E-state index is 0.0303. The fourth-order valence-electron chi connectivity index (χ4n) is 4.40. The number of amides is 2.